The van der Waals surface area contributed by atoms with Gasteiger partial charge in [0.2, 0.25) is 0 Å². The van der Waals surface area contributed by atoms with Crippen LogP contribution in [0.3, 0.4) is 0 Å². The van der Waals surface area contributed by atoms with Crippen molar-refractivity contribution in [2.24, 2.45) is 0 Å². The van der Waals surface area contributed by atoms with Gasteiger partial charge in [0, 0.05) is 38.6 Å². The molecule has 4 heteroatoms. The summed E-state index contributed by atoms with van der Waals surface area (Å²) in [7, 11) is 0. The summed E-state index contributed by atoms with van der Waals surface area (Å²) in [6, 6.07) is 9.08. The van der Waals surface area contributed by atoms with Crippen molar-refractivity contribution in [3.63, 3.8) is 0 Å². The standard InChI is InChI=1S/C16H20N2O2/c1-3-17-10-15-8-14(17)11-18(15)9-13-4-6-16(7-5-13)20-12(2)19/h3-7,14-15H,1,8-11H2,2H3/t14-,15-/m0/s1. The Labute approximate surface area is 119 Å². The predicted molar refractivity (Wildman–Crippen MR) is 77.3 cm³/mol. The van der Waals surface area contributed by atoms with E-state index in [1.165, 1.54) is 18.9 Å². The maximum absolute atomic E-state index is 10.9. The molecule has 2 bridgehead atoms. The van der Waals surface area contributed by atoms with Crippen LogP contribution in [0.2, 0.25) is 0 Å². The third-order valence-electron chi connectivity index (χ3n) is 4.20. The van der Waals surface area contributed by atoms with Gasteiger partial charge in [-0.1, -0.05) is 18.7 Å². The summed E-state index contributed by atoms with van der Waals surface area (Å²) in [6.45, 7) is 8.46. The Morgan fingerprint density at radius 2 is 2.10 bits per heavy atom. The van der Waals surface area contributed by atoms with E-state index in [1.54, 1.807) is 0 Å². The molecule has 0 saturated carbocycles. The Morgan fingerprint density at radius 1 is 1.35 bits per heavy atom. The van der Waals surface area contributed by atoms with E-state index in [2.05, 4.69) is 16.4 Å². The second kappa shape index (κ2) is 5.29. The number of hydrogen-bond donors (Lipinski definition) is 0. The van der Waals surface area contributed by atoms with E-state index < -0.39 is 0 Å². The molecular weight excluding hydrogens is 252 g/mol. The van der Waals surface area contributed by atoms with E-state index in [0.717, 1.165) is 19.6 Å². The van der Waals surface area contributed by atoms with E-state index in [9.17, 15) is 4.79 Å². The molecule has 2 fully saturated rings. The fourth-order valence-electron chi connectivity index (χ4n) is 3.26. The lowest BCUT2D eigenvalue weighted by Crippen LogP contribution is -2.43. The molecule has 2 aliphatic heterocycles. The highest BCUT2D eigenvalue weighted by molar-refractivity contribution is 5.69. The molecule has 2 heterocycles. The lowest BCUT2D eigenvalue weighted by molar-refractivity contribution is -0.131. The minimum Gasteiger partial charge on any atom is -0.427 e. The summed E-state index contributed by atoms with van der Waals surface area (Å²) in [6.07, 6.45) is 3.22. The lowest BCUT2D eigenvalue weighted by Gasteiger charge is -2.33. The molecule has 0 N–H and O–H groups in total. The topological polar surface area (TPSA) is 32.8 Å². The fraction of sp³-hybridized carbons (Fsp3) is 0.438. The summed E-state index contributed by atoms with van der Waals surface area (Å²) in [4.78, 5) is 15.8. The van der Waals surface area contributed by atoms with Gasteiger partial charge >= 0.3 is 5.97 Å². The zero-order valence-electron chi connectivity index (χ0n) is 11.8. The third-order valence-corrected chi connectivity index (χ3v) is 4.20. The van der Waals surface area contributed by atoms with Crippen LogP contribution < -0.4 is 4.74 Å². The monoisotopic (exact) mass is 272 g/mol. The van der Waals surface area contributed by atoms with Gasteiger partial charge in [-0.3, -0.25) is 9.69 Å². The summed E-state index contributed by atoms with van der Waals surface area (Å²) < 4.78 is 5.05. The summed E-state index contributed by atoms with van der Waals surface area (Å²) in [5.41, 5.74) is 1.26. The van der Waals surface area contributed by atoms with Gasteiger partial charge in [-0.15, -0.1) is 0 Å². The van der Waals surface area contributed by atoms with Gasteiger partial charge in [0.1, 0.15) is 5.75 Å². The largest absolute Gasteiger partial charge is 0.427 e. The Bertz CT molecular complexity index is 512. The van der Waals surface area contributed by atoms with Crippen molar-refractivity contribution in [1.29, 1.82) is 0 Å². The van der Waals surface area contributed by atoms with Crippen molar-refractivity contribution in [1.82, 2.24) is 9.80 Å². The number of rotatable bonds is 4. The first-order valence-electron chi connectivity index (χ1n) is 7.05. The molecule has 1 aromatic carbocycles. The Morgan fingerprint density at radius 3 is 2.65 bits per heavy atom. The molecule has 0 unspecified atom stereocenters. The average molecular weight is 272 g/mol. The quantitative estimate of drug-likeness (QED) is 0.620. The first-order chi connectivity index (χ1) is 9.65. The van der Waals surface area contributed by atoms with Gasteiger partial charge in [0.25, 0.3) is 0 Å². The number of fused-ring (bicyclic) bond motifs is 2. The summed E-state index contributed by atoms with van der Waals surface area (Å²) in [5, 5.41) is 0. The minimum atomic E-state index is -0.279. The molecule has 2 aliphatic rings. The van der Waals surface area contributed by atoms with Crippen molar-refractivity contribution in [3.8, 4) is 5.75 Å². The van der Waals surface area contributed by atoms with Crippen molar-refractivity contribution >= 4 is 5.97 Å². The Balaban J connectivity index is 1.59. The number of likely N-dealkylation sites (tertiary alicyclic amines) is 2. The first kappa shape index (κ1) is 13.2. The maximum atomic E-state index is 10.9. The SMILES string of the molecule is C=CN1C[C@@H]2C[C@H]1CN2Cc1ccc(OC(C)=O)cc1. The molecule has 0 radical (unpaired) electrons. The second-order valence-corrected chi connectivity index (χ2v) is 5.59. The number of benzene rings is 1. The van der Waals surface area contributed by atoms with Crippen molar-refractivity contribution in [2.45, 2.75) is 32.0 Å². The minimum absolute atomic E-state index is 0.279. The molecule has 3 rings (SSSR count). The van der Waals surface area contributed by atoms with Gasteiger partial charge in [-0.25, -0.2) is 0 Å². The molecule has 0 spiro atoms. The zero-order chi connectivity index (χ0) is 14.1. The third kappa shape index (κ3) is 2.56. The van der Waals surface area contributed by atoms with Gasteiger partial charge in [-0.2, -0.15) is 0 Å². The highest BCUT2D eigenvalue weighted by Crippen LogP contribution is 2.31. The summed E-state index contributed by atoms with van der Waals surface area (Å²) >= 11 is 0. The molecule has 0 amide bonds. The number of nitrogens with zero attached hydrogens (tertiary/aromatic N) is 2. The van der Waals surface area contributed by atoms with Crippen LogP contribution in [0.4, 0.5) is 0 Å². The highest BCUT2D eigenvalue weighted by atomic mass is 16.5. The lowest BCUT2D eigenvalue weighted by atomic mass is 10.2. The van der Waals surface area contributed by atoms with Crippen LogP contribution in [0.25, 0.3) is 0 Å². The van der Waals surface area contributed by atoms with Crippen LogP contribution >= 0.6 is 0 Å². The van der Waals surface area contributed by atoms with Crippen LogP contribution in [0.1, 0.15) is 18.9 Å². The predicted octanol–water partition coefficient (Wildman–Crippen LogP) is 2.01. The molecule has 0 aromatic heterocycles. The fourth-order valence-corrected chi connectivity index (χ4v) is 3.26. The number of piperazine rings is 1. The van der Waals surface area contributed by atoms with E-state index >= 15 is 0 Å². The second-order valence-electron chi connectivity index (χ2n) is 5.59. The van der Waals surface area contributed by atoms with Crippen LogP contribution in [-0.2, 0) is 11.3 Å². The molecule has 0 aliphatic carbocycles. The maximum Gasteiger partial charge on any atom is 0.308 e. The Hall–Kier alpha value is -1.81. The average Bonchev–Trinajstić information content (AvgIpc) is 2.99. The van der Waals surface area contributed by atoms with Crippen molar-refractivity contribution in [3.05, 3.63) is 42.6 Å². The number of hydrogen-bond acceptors (Lipinski definition) is 4. The van der Waals surface area contributed by atoms with Gasteiger partial charge in [0.05, 0.1) is 0 Å². The molecule has 2 atom stereocenters. The van der Waals surface area contributed by atoms with E-state index in [-0.39, 0.29) is 5.97 Å². The smallest absolute Gasteiger partial charge is 0.308 e. The van der Waals surface area contributed by atoms with Gasteiger partial charge in [0.15, 0.2) is 0 Å². The van der Waals surface area contributed by atoms with E-state index in [1.807, 2.05) is 30.5 Å². The first-order valence-corrected chi connectivity index (χ1v) is 7.05. The van der Waals surface area contributed by atoms with E-state index in [0.29, 0.717) is 17.8 Å². The van der Waals surface area contributed by atoms with Crippen LogP contribution in [0.5, 0.6) is 5.75 Å². The molecule has 20 heavy (non-hydrogen) atoms. The Kier molecular flexibility index (Phi) is 3.49. The van der Waals surface area contributed by atoms with Crippen LogP contribution in [0.15, 0.2) is 37.0 Å². The molecular formula is C16H20N2O2. The molecule has 1 aromatic rings. The zero-order valence-corrected chi connectivity index (χ0v) is 11.8. The molecule has 4 nitrogen and oxygen atoms in total. The van der Waals surface area contributed by atoms with Gasteiger partial charge < -0.3 is 9.64 Å². The number of carbonyl (C=O) groups excluding carboxylic acids is 1. The van der Waals surface area contributed by atoms with Gasteiger partial charge in [-0.05, 0) is 30.3 Å². The number of ether oxygens (including phenoxy) is 1. The van der Waals surface area contributed by atoms with Crippen molar-refractivity contribution in [2.75, 3.05) is 13.1 Å². The normalized spacial score (nSPS) is 24.9. The molecule has 106 valence electrons. The number of carbonyl (C=O) groups is 1. The number of esters is 1. The van der Waals surface area contributed by atoms with Crippen molar-refractivity contribution < 1.29 is 9.53 Å². The summed E-state index contributed by atoms with van der Waals surface area (Å²) in [5.74, 6) is 0.334. The van der Waals surface area contributed by atoms with Crippen LogP contribution in [-0.4, -0.2) is 40.9 Å². The molecule has 2 saturated heterocycles. The highest BCUT2D eigenvalue weighted by Gasteiger charge is 2.41. The van der Waals surface area contributed by atoms with E-state index in [4.69, 9.17) is 4.74 Å². The van der Waals surface area contributed by atoms with Crippen LogP contribution in [0, 0.1) is 0 Å².